The van der Waals surface area contributed by atoms with Crippen molar-refractivity contribution in [2.45, 2.75) is 51.9 Å². The Morgan fingerprint density at radius 2 is 1.81 bits per heavy atom. The Bertz CT molecular complexity index is 479. The summed E-state index contributed by atoms with van der Waals surface area (Å²) >= 11 is 0. The summed E-state index contributed by atoms with van der Waals surface area (Å²) in [6.07, 6.45) is -2.33. The lowest BCUT2D eigenvalue weighted by atomic mass is 10.0. The molecule has 0 aliphatic rings. The van der Waals surface area contributed by atoms with E-state index < -0.39 is 23.7 Å². The van der Waals surface area contributed by atoms with E-state index in [1.165, 1.54) is 24.3 Å². The smallest absolute Gasteiger partial charge is 0.407 e. The van der Waals surface area contributed by atoms with Gasteiger partial charge in [0.25, 0.3) is 5.92 Å². The molecule has 2 N–H and O–H groups in total. The fourth-order valence-corrected chi connectivity index (χ4v) is 1.57. The fraction of sp³-hybridized carbons (Fsp3) is 0.533. The average molecular weight is 301 g/mol. The third-order valence-corrected chi connectivity index (χ3v) is 2.70. The number of rotatable bonds is 4. The Labute approximate surface area is 123 Å². The van der Waals surface area contributed by atoms with Gasteiger partial charge in [0.2, 0.25) is 0 Å². The van der Waals surface area contributed by atoms with Gasteiger partial charge in [-0.25, -0.2) is 4.79 Å². The van der Waals surface area contributed by atoms with Gasteiger partial charge >= 0.3 is 6.09 Å². The van der Waals surface area contributed by atoms with E-state index in [-0.39, 0.29) is 12.1 Å². The minimum absolute atomic E-state index is 0.176. The lowest BCUT2D eigenvalue weighted by molar-refractivity contribution is -0.106. The SMILES string of the molecule is CC(O)C(F)(F)c1ccc(CNC(=O)OC(C)(C)C)cc1. The monoisotopic (exact) mass is 301 g/mol. The average Bonchev–Trinajstić information content (AvgIpc) is 2.34. The number of alkyl halides is 2. The van der Waals surface area contributed by atoms with Crippen LogP contribution in [0, 0.1) is 0 Å². The zero-order valence-electron chi connectivity index (χ0n) is 12.6. The molecule has 0 radical (unpaired) electrons. The summed E-state index contributed by atoms with van der Waals surface area (Å²) in [5.74, 6) is -3.29. The summed E-state index contributed by atoms with van der Waals surface area (Å²) in [5.41, 5.74) is -0.197. The first-order valence-electron chi connectivity index (χ1n) is 6.64. The van der Waals surface area contributed by atoms with Crippen LogP contribution in [0.15, 0.2) is 24.3 Å². The number of benzene rings is 1. The first-order chi connectivity index (χ1) is 9.52. The predicted molar refractivity (Wildman–Crippen MR) is 75.1 cm³/mol. The third-order valence-electron chi connectivity index (χ3n) is 2.70. The summed E-state index contributed by atoms with van der Waals surface area (Å²) in [6.45, 7) is 6.46. The highest BCUT2D eigenvalue weighted by molar-refractivity contribution is 5.67. The molecule has 4 nitrogen and oxygen atoms in total. The van der Waals surface area contributed by atoms with E-state index >= 15 is 0 Å². The maximum Gasteiger partial charge on any atom is 0.407 e. The molecular weight excluding hydrogens is 280 g/mol. The maximum atomic E-state index is 13.6. The van der Waals surface area contributed by atoms with E-state index in [2.05, 4.69) is 5.32 Å². The van der Waals surface area contributed by atoms with Gasteiger partial charge < -0.3 is 15.2 Å². The minimum atomic E-state index is -3.29. The van der Waals surface area contributed by atoms with Crippen LogP contribution >= 0.6 is 0 Å². The van der Waals surface area contributed by atoms with Gasteiger partial charge in [-0.1, -0.05) is 24.3 Å². The molecule has 1 atom stereocenters. The normalized spacial score (nSPS) is 13.7. The molecule has 1 amide bonds. The van der Waals surface area contributed by atoms with Crippen molar-refractivity contribution in [3.05, 3.63) is 35.4 Å². The van der Waals surface area contributed by atoms with Gasteiger partial charge in [0.1, 0.15) is 11.7 Å². The summed E-state index contributed by atoms with van der Waals surface area (Å²) in [4.78, 5) is 11.5. The van der Waals surface area contributed by atoms with Gasteiger partial charge in [0.05, 0.1) is 0 Å². The van der Waals surface area contributed by atoms with Gasteiger partial charge in [0.15, 0.2) is 0 Å². The summed E-state index contributed by atoms with van der Waals surface area (Å²) < 4.78 is 32.2. The van der Waals surface area contributed by atoms with E-state index in [4.69, 9.17) is 9.84 Å². The second kappa shape index (κ2) is 6.39. The minimum Gasteiger partial charge on any atom is -0.444 e. The Hall–Kier alpha value is -1.69. The quantitative estimate of drug-likeness (QED) is 0.898. The topological polar surface area (TPSA) is 58.6 Å². The largest absolute Gasteiger partial charge is 0.444 e. The number of alkyl carbamates (subject to hydrolysis) is 1. The highest BCUT2D eigenvalue weighted by atomic mass is 19.3. The second-order valence-electron chi connectivity index (χ2n) is 5.85. The second-order valence-corrected chi connectivity index (χ2v) is 5.85. The van der Waals surface area contributed by atoms with Crippen LogP contribution in [0.5, 0.6) is 0 Å². The number of aliphatic hydroxyl groups excluding tert-OH is 1. The van der Waals surface area contributed by atoms with Crippen LogP contribution in [0.3, 0.4) is 0 Å². The third kappa shape index (κ3) is 5.30. The summed E-state index contributed by atoms with van der Waals surface area (Å²) in [5, 5.41) is 11.6. The van der Waals surface area contributed by atoms with Crippen molar-refractivity contribution in [3.63, 3.8) is 0 Å². The van der Waals surface area contributed by atoms with Gasteiger partial charge in [-0.3, -0.25) is 0 Å². The van der Waals surface area contributed by atoms with Crippen molar-refractivity contribution in [1.29, 1.82) is 0 Å². The number of carbonyl (C=O) groups is 1. The van der Waals surface area contributed by atoms with E-state index in [9.17, 15) is 13.6 Å². The molecule has 1 aromatic rings. The molecule has 0 saturated carbocycles. The standard InChI is InChI=1S/C15H21F2NO3/c1-10(19)15(16,17)12-7-5-11(6-8-12)9-18-13(20)21-14(2,3)4/h5-8,10,19H,9H2,1-4H3,(H,18,20). The molecule has 0 aromatic heterocycles. The van der Waals surface area contributed by atoms with Crippen molar-refractivity contribution in [3.8, 4) is 0 Å². The van der Waals surface area contributed by atoms with Gasteiger partial charge in [-0.05, 0) is 33.3 Å². The number of nitrogens with one attached hydrogen (secondary N) is 1. The van der Waals surface area contributed by atoms with E-state index in [1.54, 1.807) is 20.8 Å². The van der Waals surface area contributed by atoms with Crippen LogP contribution in [0.4, 0.5) is 13.6 Å². The number of halogens is 2. The molecule has 118 valence electrons. The molecule has 1 rings (SSSR count). The molecule has 0 spiro atoms. The Kier molecular flexibility index (Phi) is 5.28. The number of aliphatic hydroxyl groups is 1. The van der Waals surface area contributed by atoms with Crippen molar-refractivity contribution in [2.75, 3.05) is 0 Å². The number of carbonyl (C=O) groups excluding carboxylic acids is 1. The lowest BCUT2D eigenvalue weighted by Gasteiger charge is -2.20. The Morgan fingerprint density at radius 3 is 2.24 bits per heavy atom. The first kappa shape index (κ1) is 17.4. The highest BCUT2D eigenvalue weighted by Crippen LogP contribution is 2.31. The van der Waals surface area contributed by atoms with Crippen LogP contribution in [0.1, 0.15) is 38.8 Å². The van der Waals surface area contributed by atoms with Crippen LogP contribution in [-0.2, 0) is 17.2 Å². The maximum absolute atomic E-state index is 13.6. The molecule has 0 aliphatic carbocycles. The van der Waals surface area contributed by atoms with Crippen molar-refractivity contribution < 1.29 is 23.4 Å². The molecule has 0 fully saturated rings. The zero-order valence-corrected chi connectivity index (χ0v) is 12.6. The molecule has 0 aliphatic heterocycles. The fourth-order valence-electron chi connectivity index (χ4n) is 1.57. The number of amides is 1. The van der Waals surface area contributed by atoms with Crippen LogP contribution in [0.25, 0.3) is 0 Å². The number of hydrogen-bond donors (Lipinski definition) is 2. The molecule has 0 bridgehead atoms. The number of hydrogen-bond acceptors (Lipinski definition) is 3. The van der Waals surface area contributed by atoms with Gasteiger partial charge in [0, 0.05) is 12.1 Å². The zero-order chi connectivity index (χ0) is 16.3. The van der Waals surface area contributed by atoms with Crippen LogP contribution < -0.4 is 5.32 Å². The van der Waals surface area contributed by atoms with E-state index in [0.717, 1.165) is 6.92 Å². The highest BCUT2D eigenvalue weighted by Gasteiger charge is 2.37. The molecule has 6 heteroatoms. The molecule has 21 heavy (non-hydrogen) atoms. The Morgan fingerprint density at radius 1 is 1.29 bits per heavy atom. The van der Waals surface area contributed by atoms with Gasteiger partial charge in [-0.15, -0.1) is 0 Å². The van der Waals surface area contributed by atoms with Crippen LogP contribution in [0.2, 0.25) is 0 Å². The molecule has 1 aromatic carbocycles. The first-order valence-corrected chi connectivity index (χ1v) is 6.64. The molecule has 0 saturated heterocycles. The van der Waals surface area contributed by atoms with E-state index in [1.807, 2.05) is 0 Å². The van der Waals surface area contributed by atoms with Crippen LogP contribution in [-0.4, -0.2) is 22.9 Å². The summed E-state index contributed by atoms with van der Waals surface area (Å²) in [7, 11) is 0. The molecular formula is C15H21F2NO3. The molecule has 1 unspecified atom stereocenters. The van der Waals surface area contributed by atoms with Crippen molar-refractivity contribution in [1.82, 2.24) is 5.32 Å². The summed E-state index contributed by atoms with van der Waals surface area (Å²) in [6, 6.07) is 5.42. The van der Waals surface area contributed by atoms with Crippen molar-refractivity contribution >= 4 is 6.09 Å². The lowest BCUT2D eigenvalue weighted by Crippen LogP contribution is -2.32. The van der Waals surface area contributed by atoms with Gasteiger partial charge in [-0.2, -0.15) is 8.78 Å². The molecule has 0 heterocycles. The number of ether oxygens (including phenoxy) is 1. The van der Waals surface area contributed by atoms with E-state index in [0.29, 0.717) is 5.56 Å². The Balaban J connectivity index is 2.62. The predicted octanol–water partition coefficient (Wildman–Crippen LogP) is 3.18. The van der Waals surface area contributed by atoms with Crippen molar-refractivity contribution in [2.24, 2.45) is 0 Å².